The third-order valence-electron chi connectivity index (χ3n) is 4.54. The summed E-state index contributed by atoms with van der Waals surface area (Å²) in [6.07, 6.45) is 3.72. The first-order valence-corrected chi connectivity index (χ1v) is 9.79. The molecule has 3 rings (SSSR count). The second-order valence-corrected chi connectivity index (χ2v) is 8.25. The van der Waals surface area contributed by atoms with Gasteiger partial charge in [0.05, 0.1) is 0 Å². The topological polar surface area (TPSA) is 79.4 Å². The Morgan fingerprint density at radius 1 is 1.27 bits per heavy atom. The zero-order chi connectivity index (χ0) is 18.7. The molecule has 1 N–H and O–H groups in total. The number of benzene rings is 1. The third-order valence-corrected chi connectivity index (χ3v) is 6.43. The summed E-state index contributed by atoms with van der Waals surface area (Å²) >= 11 is 0. The second kappa shape index (κ2) is 7.51. The second-order valence-electron chi connectivity index (χ2n) is 6.32. The molecular weight excluding hydrogens is 357 g/mol. The number of anilines is 1. The summed E-state index contributed by atoms with van der Waals surface area (Å²) in [6, 6.07) is 7.28. The first-order chi connectivity index (χ1) is 12.4. The van der Waals surface area contributed by atoms with Crippen LogP contribution in [0.3, 0.4) is 0 Å². The summed E-state index contributed by atoms with van der Waals surface area (Å²) < 4.78 is 39.7. The standard InChI is InChI=1S/C18H20FN3O3S/c1-13-11-15(19)4-5-17(13)21-18(23)14-6-9-22(10-7-14)26(24,25)16-3-2-8-20-12-16/h2-5,8,11-12,14H,6-7,9-10H2,1H3,(H,21,23). The van der Waals surface area contributed by atoms with Gasteiger partial charge in [-0.3, -0.25) is 9.78 Å². The van der Waals surface area contributed by atoms with Gasteiger partial charge >= 0.3 is 0 Å². The van der Waals surface area contributed by atoms with E-state index < -0.39 is 10.0 Å². The van der Waals surface area contributed by atoms with Crippen LogP contribution in [0.4, 0.5) is 10.1 Å². The highest BCUT2D eigenvalue weighted by molar-refractivity contribution is 7.89. The number of pyridine rings is 1. The average molecular weight is 377 g/mol. The van der Waals surface area contributed by atoms with Crippen LogP contribution in [-0.2, 0) is 14.8 Å². The Morgan fingerprint density at radius 3 is 2.62 bits per heavy atom. The number of hydrogen-bond acceptors (Lipinski definition) is 4. The fraction of sp³-hybridized carbons (Fsp3) is 0.333. The Balaban J connectivity index is 1.62. The van der Waals surface area contributed by atoms with Gasteiger partial charge in [0, 0.05) is 37.1 Å². The molecule has 0 bridgehead atoms. The first-order valence-electron chi connectivity index (χ1n) is 8.35. The van der Waals surface area contributed by atoms with Crippen LogP contribution in [0.15, 0.2) is 47.6 Å². The highest BCUT2D eigenvalue weighted by Crippen LogP contribution is 2.25. The van der Waals surface area contributed by atoms with E-state index in [1.807, 2.05) is 0 Å². The molecule has 2 aromatic rings. The molecule has 0 spiro atoms. The lowest BCUT2D eigenvalue weighted by Crippen LogP contribution is -2.41. The van der Waals surface area contributed by atoms with Gasteiger partial charge in [-0.1, -0.05) is 0 Å². The molecule has 26 heavy (non-hydrogen) atoms. The molecule has 0 aliphatic carbocycles. The van der Waals surface area contributed by atoms with Gasteiger partial charge in [0.2, 0.25) is 15.9 Å². The Morgan fingerprint density at radius 2 is 2.00 bits per heavy atom. The zero-order valence-corrected chi connectivity index (χ0v) is 15.2. The monoisotopic (exact) mass is 377 g/mol. The van der Waals surface area contributed by atoms with Crippen LogP contribution in [-0.4, -0.2) is 36.7 Å². The maximum Gasteiger partial charge on any atom is 0.244 e. The number of hydrogen-bond donors (Lipinski definition) is 1. The van der Waals surface area contributed by atoms with Crippen molar-refractivity contribution >= 4 is 21.6 Å². The van der Waals surface area contributed by atoms with Crippen molar-refractivity contribution in [2.45, 2.75) is 24.7 Å². The number of rotatable bonds is 4. The number of halogens is 1. The molecular formula is C18H20FN3O3S. The maximum atomic E-state index is 13.2. The van der Waals surface area contributed by atoms with E-state index in [0.717, 1.165) is 0 Å². The highest BCUT2D eigenvalue weighted by Gasteiger charge is 2.32. The van der Waals surface area contributed by atoms with E-state index in [1.165, 1.54) is 41.0 Å². The summed E-state index contributed by atoms with van der Waals surface area (Å²) in [4.78, 5) is 16.5. The molecule has 8 heteroatoms. The predicted octanol–water partition coefficient (Wildman–Crippen LogP) is 2.57. The molecule has 1 amide bonds. The summed E-state index contributed by atoms with van der Waals surface area (Å²) in [5.41, 5.74) is 1.22. The van der Waals surface area contributed by atoms with Crippen LogP contribution in [0, 0.1) is 18.7 Å². The van der Waals surface area contributed by atoms with E-state index in [-0.39, 0.29) is 35.6 Å². The number of piperidine rings is 1. The van der Waals surface area contributed by atoms with Gasteiger partial charge in [-0.05, 0) is 55.7 Å². The fourth-order valence-electron chi connectivity index (χ4n) is 3.01. The molecule has 1 saturated heterocycles. The van der Waals surface area contributed by atoms with Crippen LogP contribution in [0.1, 0.15) is 18.4 Å². The van der Waals surface area contributed by atoms with Crippen LogP contribution >= 0.6 is 0 Å². The average Bonchev–Trinajstić information content (AvgIpc) is 2.65. The SMILES string of the molecule is Cc1cc(F)ccc1NC(=O)C1CCN(S(=O)(=O)c2cccnc2)CC1. The number of aryl methyl sites for hydroxylation is 1. The summed E-state index contributed by atoms with van der Waals surface area (Å²) in [5, 5.41) is 2.81. The van der Waals surface area contributed by atoms with Crippen LogP contribution < -0.4 is 5.32 Å². The minimum Gasteiger partial charge on any atom is -0.326 e. The number of amides is 1. The number of carbonyl (C=O) groups excluding carboxylic acids is 1. The number of nitrogens with zero attached hydrogens (tertiary/aromatic N) is 2. The number of sulfonamides is 1. The molecule has 0 unspecified atom stereocenters. The van der Waals surface area contributed by atoms with Crippen LogP contribution in [0.5, 0.6) is 0 Å². The van der Waals surface area contributed by atoms with E-state index in [0.29, 0.717) is 24.1 Å². The Labute approximate surface area is 152 Å². The van der Waals surface area contributed by atoms with Crippen molar-refractivity contribution < 1.29 is 17.6 Å². The highest BCUT2D eigenvalue weighted by atomic mass is 32.2. The molecule has 0 atom stereocenters. The maximum absolute atomic E-state index is 13.2. The minimum atomic E-state index is -3.58. The smallest absolute Gasteiger partial charge is 0.244 e. The van der Waals surface area contributed by atoms with Gasteiger partial charge in [0.1, 0.15) is 10.7 Å². The molecule has 1 fully saturated rings. The molecule has 138 valence electrons. The fourth-order valence-corrected chi connectivity index (χ4v) is 4.44. The van der Waals surface area contributed by atoms with Crippen molar-refractivity contribution in [1.82, 2.24) is 9.29 Å². The molecule has 1 aliphatic heterocycles. The Bertz CT molecular complexity index is 895. The lowest BCUT2D eigenvalue weighted by molar-refractivity contribution is -0.120. The number of carbonyl (C=O) groups is 1. The molecule has 0 saturated carbocycles. The van der Waals surface area contributed by atoms with Crippen molar-refractivity contribution in [3.63, 3.8) is 0 Å². The summed E-state index contributed by atoms with van der Waals surface area (Å²) in [5.74, 6) is -0.799. The molecule has 2 heterocycles. The zero-order valence-electron chi connectivity index (χ0n) is 14.4. The van der Waals surface area contributed by atoms with Gasteiger partial charge < -0.3 is 5.32 Å². The Kier molecular flexibility index (Phi) is 5.33. The van der Waals surface area contributed by atoms with Crippen molar-refractivity contribution in [2.75, 3.05) is 18.4 Å². The minimum absolute atomic E-state index is 0.157. The summed E-state index contributed by atoms with van der Waals surface area (Å²) in [6.45, 7) is 2.27. The van der Waals surface area contributed by atoms with Gasteiger partial charge in [0.25, 0.3) is 0 Å². The van der Waals surface area contributed by atoms with Crippen LogP contribution in [0.25, 0.3) is 0 Å². The van der Waals surface area contributed by atoms with Crippen molar-refractivity contribution in [2.24, 2.45) is 5.92 Å². The summed E-state index contributed by atoms with van der Waals surface area (Å²) in [7, 11) is -3.58. The van der Waals surface area contributed by atoms with E-state index in [9.17, 15) is 17.6 Å². The number of nitrogens with one attached hydrogen (secondary N) is 1. The lowest BCUT2D eigenvalue weighted by Gasteiger charge is -2.30. The molecule has 0 radical (unpaired) electrons. The van der Waals surface area contributed by atoms with E-state index in [1.54, 1.807) is 13.0 Å². The largest absolute Gasteiger partial charge is 0.326 e. The van der Waals surface area contributed by atoms with Crippen molar-refractivity contribution in [3.05, 3.63) is 54.1 Å². The lowest BCUT2D eigenvalue weighted by atomic mass is 9.97. The van der Waals surface area contributed by atoms with Crippen molar-refractivity contribution in [3.8, 4) is 0 Å². The normalized spacial score (nSPS) is 16.4. The third kappa shape index (κ3) is 3.91. The van der Waals surface area contributed by atoms with Gasteiger partial charge in [-0.2, -0.15) is 4.31 Å². The van der Waals surface area contributed by atoms with Gasteiger partial charge in [-0.25, -0.2) is 12.8 Å². The predicted molar refractivity (Wildman–Crippen MR) is 95.5 cm³/mol. The first kappa shape index (κ1) is 18.5. The van der Waals surface area contributed by atoms with Gasteiger partial charge in [0.15, 0.2) is 0 Å². The molecule has 1 aromatic heterocycles. The Hall–Kier alpha value is -2.32. The molecule has 1 aromatic carbocycles. The van der Waals surface area contributed by atoms with E-state index >= 15 is 0 Å². The van der Waals surface area contributed by atoms with Crippen molar-refractivity contribution in [1.29, 1.82) is 0 Å². The van der Waals surface area contributed by atoms with Gasteiger partial charge in [-0.15, -0.1) is 0 Å². The molecule has 6 nitrogen and oxygen atoms in total. The van der Waals surface area contributed by atoms with E-state index in [4.69, 9.17) is 0 Å². The van der Waals surface area contributed by atoms with Crippen LogP contribution in [0.2, 0.25) is 0 Å². The quantitative estimate of drug-likeness (QED) is 0.888. The molecule has 1 aliphatic rings. The number of aromatic nitrogens is 1. The van der Waals surface area contributed by atoms with E-state index in [2.05, 4.69) is 10.3 Å².